The van der Waals surface area contributed by atoms with Gasteiger partial charge < -0.3 is 10.2 Å². The lowest BCUT2D eigenvalue weighted by Crippen LogP contribution is -2.55. The molecule has 3 rings (SSSR count). The highest BCUT2D eigenvalue weighted by atomic mass is 35.5. The highest BCUT2D eigenvalue weighted by Crippen LogP contribution is 2.20. The zero-order valence-corrected chi connectivity index (χ0v) is 13.1. The van der Waals surface area contributed by atoms with Crippen LogP contribution in [0.5, 0.6) is 0 Å². The van der Waals surface area contributed by atoms with Crippen molar-refractivity contribution in [2.75, 3.05) is 18.2 Å². The Hall–Kier alpha value is -1.62. The number of benzene rings is 2. The topological polar surface area (TPSA) is 18.5 Å². The Balaban J connectivity index is 1.72. The van der Waals surface area contributed by atoms with Gasteiger partial charge in [0.1, 0.15) is 0 Å². The molecule has 0 spiro atoms. The maximum Gasteiger partial charge on any atom is 0.175 e. The van der Waals surface area contributed by atoms with Gasteiger partial charge in [0.05, 0.1) is 13.3 Å². The molecule has 1 fully saturated rings. The molecule has 0 aliphatic carbocycles. The third-order valence-electron chi connectivity index (χ3n) is 3.43. The molecule has 2 aromatic carbocycles. The van der Waals surface area contributed by atoms with Crippen LogP contribution in [0.3, 0.4) is 0 Å². The molecule has 21 heavy (non-hydrogen) atoms. The van der Waals surface area contributed by atoms with Crippen molar-refractivity contribution in [1.82, 2.24) is 10.2 Å². The highest BCUT2D eigenvalue weighted by molar-refractivity contribution is 7.80. The summed E-state index contributed by atoms with van der Waals surface area (Å²) in [5.74, 6) is 0. The van der Waals surface area contributed by atoms with Gasteiger partial charge in [-0.15, -0.1) is 0 Å². The maximum atomic E-state index is 5.95. The Morgan fingerprint density at radius 3 is 2.48 bits per heavy atom. The van der Waals surface area contributed by atoms with Crippen LogP contribution >= 0.6 is 23.8 Å². The van der Waals surface area contributed by atoms with Gasteiger partial charge >= 0.3 is 0 Å². The maximum absolute atomic E-state index is 5.95. The van der Waals surface area contributed by atoms with E-state index in [-0.39, 0.29) is 0 Å². The van der Waals surface area contributed by atoms with Crippen LogP contribution in [0, 0.1) is 0 Å². The Kier molecular flexibility index (Phi) is 4.39. The number of rotatable bonds is 3. The first-order valence-electron chi connectivity index (χ1n) is 6.79. The van der Waals surface area contributed by atoms with Gasteiger partial charge in [0.25, 0.3) is 0 Å². The lowest BCUT2D eigenvalue weighted by molar-refractivity contribution is 0.253. The fourth-order valence-electron chi connectivity index (χ4n) is 2.36. The average Bonchev–Trinajstić information content (AvgIpc) is 2.51. The van der Waals surface area contributed by atoms with E-state index in [1.807, 2.05) is 30.3 Å². The molecular weight excluding hydrogens is 302 g/mol. The second-order valence-electron chi connectivity index (χ2n) is 5.00. The van der Waals surface area contributed by atoms with Crippen molar-refractivity contribution < 1.29 is 0 Å². The Morgan fingerprint density at radius 2 is 1.76 bits per heavy atom. The van der Waals surface area contributed by atoms with Gasteiger partial charge in [0.15, 0.2) is 5.11 Å². The first kappa shape index (κ1) is 14.3. The Labute approximate surface area is 135 Å². The number of nitrogens with one attached hydrogen (secondary N) is 1. The predicted octanol–water partition coefficient (Wildman–Crippen LogP) is 3.45. The summed E-state index contributed by atoms with van der Waals surface area (Å²) in [6.45, 7) is 2.42. The van der Waals surface area contributed by atoms with E-state index in [1.54, 1.807) is 0 Å². The van der Waals surface area contributed by atoms with Crippen LogP contribution in [-0.4, -0.2) is 23.3 Å². The summed E-state index contributed by atoms with van der Waals surface area (Å²) >= 11 is 11.4. The Morgan fingerprint density at radius 1 is 1.05 bits per heavy atom. The van der Waals surface area contributed by atoms with Crippen LogP contribution in [0.1, 0.15) is 5.56 Å². The highest BCUT2D eigenvalue weighted by Gasteiger charge is 2.21. The van der Waals surface area contributed by atoms with E-state index in [0.29, 0.717) is 0 Å². The molecule has 3 nitrogen and oxygen atoms in total. The molecule has 5 heteroatoms. The van der Waals surface area contributed by atoms with Crippen molar-refractivity contribution in [3.05, 3.63) is 65.2 Å². The van der Waals surface area contributed by atoms with Gasteiger partial charge in [-0.2, -0.15) is 0 Å². The zero-order chi connectivity index (χ0) is 14.7. The summed E-state index contributed by atoms with van der Waals surface area (Å²) in [7, 11) is 0. The predicted molar refractivity (Wildman–Crippen MR) is 91.4 cm³/mol. The second kappa shape index (κ2) is 6.43. The largest absolute Gasteiger partial charge is 0.349 e. The van der Waals surface area contributed by atoms with Crippen LogP contribution in [0.4, 0.5) is 5.69 Å². The quantitative estimate of drug-likeness (QED) is 0.874. The SMILES string of the molecule is S=C1NCN(Cc2ccccc2)CN1c1ccc(Cl)cc1. The van der Waals surface area contributed by atoms with Crippen molar-refractivity contribution >= 4 is 34.6 Å². The van der Waals surface area contributed by atoms with Gasteiger partial charge in [-0.25, -0.2) is 0 Å². The number of halogens is 1. The van der Waals surface area contributed by atoms with Gasteiger partial charge in [-0.1, -0.05) is 41.9 Å². The molecule has 0 saturated carbocycles. The van der Waals surface area contributed by atoms with Gasteiger partial charge in [0, 0.05) is 17.3 Å². The lowest BCUT2D eigenvalue weighted by Gasteiger charge is -2.38. The van der Waals surface area contributed by atoms with Crippen LogP contribution < -0.4 is 10.2 Å². The smallest absolute Gasteiger partial charge is 0.175 e. The first-order chi connectivity index (χ1) is 10.2. The molecule has 108 valence electrons. The summed E-state index contributed by atoms with van der Waals surface area (Å²) in [4.78, 5) is 4.39. The minimum Gasteiger partial charge on any atom is -0.349 e. The number of nitrogens with zero attached hydrogens (tertiary/aromatic N) is 2. The summed E-state index contributed by atoms with van der Waals surface area (Å²) in [6, 6.07) is 18.2. The molecule has 2 aromatic rings. The normalized spacial score (nSPS) is 15.9. The van der Waals surface area contributed by atoms with Crippen LogP contribution in [0.25, 0.3) is 0 Å². The standard InChI is InChI=1S/C16H16ClN3S/c17-14-6-8-15(9-7-14)20-12-19(11-18-16(20)21)10-13-4-2-1-3-5-13/h1-9H,10-12H2,(H,18,21). The molecule has 1 aliphatic heterocycles. The molecule has 1 saturated heterocycles. The van der Waals surface area contributed by atoms with E-state index in [1.165, 1.54) is 5.56 Å². The fourth-order valence-corrected chi connectivity index (χ4v) is 2.71. The Bertz CT molecular complexity index is 615. The third kappa shape index (κ3) is 3.53. The van der Waals surface area contributed by atoms with E-state index in [2.05, 4.69) is 39.4 Å². The van der Waals surface area contributed by atoms with E-state index in [9.17, 15) is 0 Å². The molecule has 0 aromatic heterocycles. The molecule has 0 amide bonds. The van der Waals surface area contributed by atoms with Crippen molar-refractivity contribution in [3.8, 4) is 0 Å². The molecule has 0 radical (unpaired) electrons. The zero-order valence-electron chi connectivity index (χ0n) is 11.5. The summed E-state index contributed by atoms with van der Waals surface area (Å²) in [6.07, 6.45) is 0. The third-order valence-corrected chi connectivity index (χ3v) is 4.04. The monoisotopic (exact) mass is 317 g/mol. The van der Waals surface area contributed by atoms with Crippen molar-refractivity contribution in [3.63, 3.8) is 0 Å². The molecule has 0 unspecified atom stereocenters. The molecular formula is C16H16ClN3S. The average molecular weight is 318 g/mol. The van der Waals surface area contributed by atoms with Crippen molar-refractivity contribution in [2.45, 2.75) is 6.54 Å². The number of thiocarbonyl (C=S) groups is 1. The molecule has 1 aliphatic rings. The molecule has 0 atom stereocenters. The van der Waals surface area contributed by atoms with Crippen LogP contribution in [0.2, 0.25) is 5.02 Å². The van der Waals surface area contributed by atoms with Crippen molar-refractivity contribution in [1.29, 1.82) is 0 Å². The van der Waals surface area contributed by atoms with E-state index >= 15 is 0 Å². The fraction of sp³-hybridized carbons (Fsp3) is 0.188. The second-order valence-corrected chi connectivity index (χ2v) is 5.82. The summed E-state index contributed by atoms with van der Waals surface area (Å²) < 4.78 is 0. The number of hydrogen-bond acceptors (Lipinski definition) is 2. The molecule has 1 N–H and O–H groups in total. The van der Waals surface area contributed by atoms with Gasteiger partial charge in [-0.05, 0) is 42.0 Å². The molecule has 1 heterocycles. The molecule has 0 bridgehead atoms. The minimum absolute atomic E-state index is 0.732. The number of hydrogen-bond donors (Lipinski definition) is 1. The lowest BCUT2D eigenvalue weighted by atomic mass is 10.2. The van der Waals surface area contributed by atoms with Gasteiger partial charge in [0.2, 0.25) is 0 Å². The van der Waals surface area contributed by atoms with Crippen LogP contribution in [-0.2, 0) is 6.54 Å². The first-order valence-corrected chi connectivity index (χ1v) is 7.58. The minimum atomic E-state index is 0.732. The summed E-state index contributed by atoms with van der Waals surface area (Å²) in [5, 5.41) is 4.75. The van der Waals surface area contributed by atoms with Gasteiger partial charge in [-0.3, -0.25) is 4.90 Å². The van der Waals surface area contributed by atoms with Crippen molar-refractivity contribution in [2.24, 2.45) is 0 Å². The van der Waals surface area contributed by atoms with E-state index in [4.69, 9.17) is 23.8 Å². The van der Waals surface area contributed by atoms with E-state index in [0.717, 1.165) is 35.7 Å². The van der Waals surface area contributed by atoms with Crippen LogP contribution in [0.15, 0.2) is 54.6 Å². The number of anilines is 1. The summed E-state index contributed by atoms with van der Waals surface area (Å²) in [5.41, 5.74) is 2.35. The van der Waals surface area contributed by atoms with E-state index < -0.39 is 0 Å².